The summed E-state index contributed by atoms with van der Waals surface area (Å²) in [6.07, 6.45) is 3.90. The van der Waals surface area contributed by atoms with Gasteiger partial charge in [0.05, 0.1) is 13.2 Å². The maximum Gasteiger partial charge on any atom is 0.524 e. The molecule has 0 aliphatic carbocycles. The summed E-state index contributed by atoms with van der Waals surface area (Å²) in [5, 5.41) is 0. The van der Waals surface area contributed by atoms with Gasteiger partial charge in [-0.1, -0.05) is 12.1 Å². The molecule has 6 fully saturated rings. The molecule has 0 radical (unpaired) electrons. The molecule has 2 N–H and O–H groups in total. The number of carbonyl (C=O) groups is 2. The smallest absolute Gasteiger partial charge is 0.404 e. The first-order valence-electron chi connectivity index (χ1n) is 13.9. The van der Waals surface area contributed by atoms with Gasteiger partial charge in [0.25, 0.3) is 0 Å². The Balaban J connectivity index is 1.56. The number of carbonyl (C=O) groups excluding carboxylic acids is 2. The van der Waals surface area contributed by atoms with Crippen LogP contribution in [-0.2, 0) is 36.5 Å². The zero-order valence-corrected chi connectivity index (χ0v) is 24.2. The average Bonchev–Trinajstić information content (AvgIpc) is 2.86. The molecule has 0 amide bonds. The van der Waals surface area contributed by atoms with Crippen molar-refractivity contribution in [1.82, 2.24) is 9.80 Å². The van der Waals surface area contributed by atoms with Gasteiger partial charge in [-0.15, -0.1) is 0 Å². The van der Waals surface area contributed by atoms with Crippen molar-refractivity contribution in [3.63, 3.8) is 0 Å². The first-order chi connectivity index (χ1) is 18.4. The number of fused-ring (bicyclic) bond motifs is 6. The number of piperidine rings is 6. The maximum atomic E-state index is 13.8. The van der Waals surface area contributed by atoms with E-state index in [1.54, 1.807) is 26.4 Å². The number of nitrogens with zero attached hydrogens (tertiary/aromatic N) is 2. The Morgan fingerprint density at radius 3 is 1.87 bits per heavy atom. The van der Waals surface area contributed by atoms with Crippen LogP contribution in [0, 0.1) is 11.8 Å². The predicted octanol–water partition coefficient (Wildman–Crippen LogP) is 2.38. The van der Waals surface area contributed by atoms with Crippen molar-refractivity contribution in [2.24, 2.45) is 11.8 Å². The van der Waals surface area contributed by atoms with Crippen LogP contribution >= 0.6 is 7.82 Å². The van der Waals surface area contributed by atoms with E-state index >= 15 is 0 Å². The molecule has 39 heavy (non-hydrogen) atoms. The van der Waals surface area contributed by atoms with E-state index in [9.17, 15) is 23.9 Å². The van der Waals surface area contributed by atoms with Crippen molar-refractivity contribution in [3.05, 3.63) is 29.3 Å². The van der Waals surface area contributed by atoms with Crippen molar-refractivity contribution >= 4 is 19.4 Å². The van der Waals surface area contributed by atoms with E-state index < -0.39 is 18.9 Å². The molecule has 216 valence electrons. The number of phosphoric acid groups is 1. The Bertz CT molecular complexity index is 1170. The number of ether oxygens (including phenoxy) is 2. The summed E-state index contributed by atoms with van der Waals surface area (Å²) >= 11 is 0. The normalized spacial score (nSPS) is 37.9. The zero-order valence-electron chi connectivity index (χ0n) is 23.3. The molecule has 0 spiro atoms. The molecule has 0 saturated carbocycles. The van der Waals surface area contributed by atoms with Crippen LogP contribution in [0.25, 0.3) is 0 Å². The van der Waals surface area contributed by atoms with Crippen molar-refractivity contribution in [2.45, 2.75) is 75.5 Å². The third kappa shape index (κ3) is 5.03. The Kier molecular flexibility index (Phi) is 7.87. The van der Waals surface area contributed by atoms with Gasteiger partial charge in [0.15, 0.2) is 11.6 Å². The first kappa shape index (κ1) is 28.9. The van der Waals surface area contributed by atoms with Gasteiger partial charge < -0.3 is 14.0 Å². The summed E-state index contributed by atoms with van der Waals surface area (Å²) in [6, 6.07) is 5.60. The zero-order chi connectivity index (χ0) is 28.2. The highest BCUT2D eigenvalue weighted by molar-refractivity contribution is 7.46. The SMILES string of the molecule is COCC1(Cc2ccc(OP(=O)(O)O)c(CC3(COC)C(=O)C4CCN3C(C)C4)c2)C(=O)C2CCN1C(C)C2. The van der Waals surface area contributed by atoms with E-state index in [0.717, 1.165) is 44.3 Å². The second kappa shape index (κ2) is 10.6. The van der Waals surface area contributed by atoms with Gasteiger partial charge in [-0.25, -0.2) is 4.57 Å². The summed E-state index contributed by atoms with van der Waals surface area (Å²) in [5.74, 6) is 0.283. The van der Waals surface area contributed by atoms with Gasteiger partial charge in [-0.05, 0) is 56.7 Å². The fourth-order valence-electron chi connectivity index (χ4n) is 8.15. The Hall–Kier alpha value is -1.65. The molecule has 1 aromatic rings. The van der Waals surface area contributed by atoms with Crippen LogP contribution in [0.3, 0.4) is 0 Å². The van der Waals surface area contributed by atoms with E-state index in [-0.39, 0.29) is 60.9 Å². The van der Waals surface area contributed by atoms with E-state index in [1.807, 2.05) is 6.07 Å². The summed E-state index contributed by atoms with van der Waals surface area (Å²) in [7, 11) is -1.68. The standard InChI is InChI=1S/C28H41N2O8P/c1-18-11-21-7-9-29(18)27(16-36-3,25(21)31)14-20-5-6-24(38-39(33,34)35)23(13-20)15-28(17-37-4)26(32)22-8-10-30(28)19(2)12-22/h5-6,13,18-19,21-22H,7-12,14-17H2,1-4H3,(H2,33,34,35). The lowest BCUT2D eigenvalue weighted by Gasteiger charge is -2.56. The first-order valence-corrected chi connectivity index (χ1v) is 15.4. The summed E-state index contributed by atoms with van der Waals surface area (Å²) in [4.78, 5) is 51.2. The largest absolute Gasteiger partial charge is 0.524 e. The highest BCUT2D eigenvalue weighted by atomic mass is 31.2. The average molecular weight is 565 g/mol. The van der Waals surface area contributed by atoms with Crippen LogP contribution < -0.4 is 4.52 Å². The molecule has 6 aliphatic heterocycles. The monoisotopic (exact) mass is 564 g/mol. The molecule has 6 heterocycles. The Labute approximate surface area is 230 Å². The molecule has 0 aromatic heterocycles. The molecule has 6 aliphatic rings. The number of hydrogen-bond donors (Lipinski definition) is 2. The van der Waals surface area contributed by atoms with Gasteiger partial charge in [0.2, 0.25) is 0 Å². The lowest BCUT2D eigenvalue weighted by Crippen LogP contribution is -2.70. The Morgan fingerprint density at radius 2 is 1.41 bits per heavy atom. The fourth-order valence-corrected chi connectivity index (χ4v) is 8.59. The number of ketones is 2. The molecule has 10 nitrogen and oxygen atoms in total. The maximum absolute atomic E-state index is 13.8. The second-order valence-corrected chi connectivity index (χ2v) is 13.2. The Morgan fingerprint density at radius 1 is 0.897 bits per heavy atom. The molecule has 1 aromatic carbocycles. The number of methoxy groups -OCH3 is 2. The van der Waals surface area contributed by atoms with Gasteiger partial charge in [-0.2, -0.15) is 0 Å². The van der Waals surface area contributed by atoms with Crippen LogP contribution in [0.1, 0.15) is 50.7 Å². The molecular weight excluding hydrogens is 523 g/mol. The number of rotatable bonds is 10. The van der Waals surface area contributed by atoms with Crippen LogP contribution in [-0.4, -0.2) is 94.8 Å². The minimum absolute atomic E-state index is 0.00607. The summed E-state index contributed by atoms with van der Waals surface area (Å²) < 4.78 is 28.3. The van der Waals surface area contributed by atoms with Crippen molar-refractivity contribution < 1.29 is 37.9 Å². The van der Waals surface area contributed by atoms with Crippen LogP contribution in [0.4, 0.5) is 0 Å². The van der Waals surface area contributed by atoms with Crippen LogP contribution in [0.5, 0.6) is 5.75 Å². The summed E-state index contributed by atoms with van der Waals surface area (Å²) in [5.41, 5.74) is -0.411. The van der Waals surface area contributed by atoms with Gasteiger partial charge in [0.1, 0.15) is 16.8 Å². The quantitative estimate of drug-likeness (QED) is 0.409. The highest BCUT2D eigenvalue weighted by Crippen LogP contribution is 2.46. The fraction of sp³-hybridized carbons (Fsp3) is 0.714. The van der Waals surface area contributed by atoms with E-state index in [2.05, 4.69) is 23.6 Å². The van der Waals surface area contributed by atoms with Gasteiger partial charge in [-0.3, -0.25) is 29.2 Å². The van der Waals surface area contributed by atoms with E-state index in [4.69, 9.17) is 14.0 Å². The van der Waals surface area contributed by atoms with Crippen molar-refractivity contribution in [2.75, 3.05) is 40.5 Å². The van der Waals surface area contributed by atoms with Gasteiger partial charge >= 0.3 is 7.82 Å². The number of Topliss-reactive ketones (excluding diaryl/α,β-unsaturated/α-hetero) is 2. The minimum atomic E-state index is -4.86. The molecule has 8 unspecified atom stereocenters. The number of benzene rings is 1. The topological polar surface area (TPSA) is 126 Å². The second-order valence-electron chi connectivity index (χ2n) is 12.1. The van der Waals surface area contributed by atoms with Gasteiger partial charge in [0, 0.05) is 64.1 Å². The summed E-state index contributed by atoms with van der Waals surface area (Å²) in [6.45, 7) is 6.29. The number of hydrogen-bond acceptors (Lipinski definition) is 8. The van der Waals surface area contributed by atoms with E-state index in [0.29, 0.717) is 12.0 Å². The minimum Gasteiger partial charge on any atom is -0.404 e. The lowest BCUT2D eigenvalue weighted by molar-refractivity contribution is -0.159. The number of phosphoric ester groups is 1. The molecule has 11 heteroatoms. The molecular formula is C28H41N2O8P. The van der Waals surface area contributed by atoms with Crippen molar-refractivity contribution in [3.8, 4) is 5.75 Å². The lowest BCUT2D eigenvalue weighted by atomic mass is 9.67. The van der Waals surface area contributed by atoms with Crippen molar-refractivity contribution in [1.29, 1.82) is 0 Å². The molecule has 6 saturated heterocycles. The molecule has 7 rings (SSSR count). The highest BCUT2D eigenvalue weighted by Gasteiger charge is 2.57. The third-order valence-corrected chi connectivity index (χ3v) is 10.0. The molecule has 4 bridgehead atoms. The molecule has 8 atom stereocenters. The van der Waals surface area contributed by atoms with Crippen LogP contribution in [0.2, 0.25) is 0 Å². The predicted molar refractivity (Wildman–Crippen MR) is 144 cm³/mol. The van der Waals surface area contributed by atoms with E-state index in [1.165, 1.54) is 0 Å². The third-order valence-electron chi connectivity index (χ3n) is 9.60. The van der Waals surface area contributed by atoms with Crippen LogP contribution in [0.15, 0.2) is 18.2 Å².